The molecule has 0 heterocycles. The smallest absolute Gasteiger partial charge is 0.160 e. The molecular formula is C11H14ClF2NO2S. The molecule has 18 heavy (non-hydrogen) atoms. The number of hydrogen-bond donors (Lipinski definition) is 1. The van der Waals surface area contributed by atoms with Crippen molar-refractivity contribution in [2.24, 2.45) is 0 Å². The van der Waals surface area contributed by atoms with E-state index in [1.54, 1.807) is 0 Å². The van der Waals surface area contributed by atoms with Crippen molar-refractivity contribution >= 4 is 21.4 Å². The van der Waals surface area contributed by atoms with E-state index < -0.39 is 32.8 Å². The molecule has 102 valence electrons. The lowest BCUT2D eigenvalue weighted by atomic mass is 10.0. The number of sulfone groups is 1. The fourth-order valence-corrected chi connectivity index (χ4v) is 2.71. The maximum Gasteiger partial charge on any atom is 0.160 e. The summed E-state index contributed by atoms with van der Waals surface area (Å²) >= 11 is 5.83. The minimum atomic E-state index is -3.34. The fraction of sp³-hybridized carbons (Fsp3) is 0.455. The normalized spacial score (nSPS) is 15.4. The molecule has 0 aromatic heterocycles. The highest BCUT2D eigenvalue weighted by atomic mass is 35.5. The first kappa shape index (κ1) is 15.3. The molecule has 2 atom stereocenters. The summed E-state index contributed by atoms with van der Waals surface area (Å²) in [5, 5.41) is 1.93. The third kappa shape index (κ3) is 3.18. The van der Waals surface area contributed by atoms with Gasteiger partial charge in [0.25, 0.3) is 0 Å². The van der Waals surface area contributed by atoms with Crippen molar-refractivity contribution in [2.75, 3.05) is 13.3 Å². The predicted octanol–water partition coefficient (Wildman–Crippen LogP) is 2.31. The van der Waals surface area contributed by atoms with Crippen molar-refractivity contribution in [3.8, 4) is 0 Å². The van der Waals surface area contributed by atoms with Crippen LogP contribution < -0.4 is 5.32 Å². The molecule has 0 aliphatic carbocycles. The number of benzene rings is 1. The van der Waals surface area contributed by atoms with Crippen molar-refractivity contribution in [1.29, 1.82) is 0 Å². The summed E-state index contributed by atoms with van der Waals surface area (Å²) in [5.41, 5.74) is 0.219. The van der Waals surface area contributed by atoms with Crippen molar-refractivity contribution < 1.29 is 17.2 Å². The van der Waals surface area contributed by atoms with E-state index in [-0.39, 0.29) is 10.6 Å². The van der Waals surface area contributed by atoms with E-state index in [0.717, 1.165) is 18.4 Å². The molecule has 1 aromatic rings. The second-order valence-electron chi connectivity index (χ2n) is 4.09. The molecule has 3 nitrogen and oxygen atoms in total. The van der Waals surface area contributed by atoms with Crippen LogP contribution in [0.3, 0.4) is 0 Å². The summed E-state index contributed by atoms with van der Waals surface area (Å²) in [4.78, 5) is 0. The van der Waals surface area contributed by atoms with Gasteiger partial charge < -0.3 is 5.32 Å². The highest BCUT2D eigenvalue weighted by Gasteiger charge is 2.28. The lowest BCUT2D eigenvalue weighted by molar-refractivity contribution is 0.497. The van der Waals surface area contributed by atoms with Gasteiger partial charge in [0.1, 0.15) is 0 Å². The van der Waals surface area contributed by atoms with E-state index in [2.05, 4.69) is 5.32 Å². The number of rotatable bonds is 4. The first-order chi connectivity index (χ1) is 8.18. The van der Waals surface area contributed by atoms with Crippen LogP contribution in [0.1, 0.15) is 18.5 Å². The van der Waals surface area contributed by atoms with Gasteiger partial charge in [-0.15, -0.1) is 0 Å². The van der Waals surface area contributed by atoms with E-state index in [1.807, 2.05) is 0 Å². The molecule has 0 saturated heterocycles. The summed E-state index contributed by atoms with van der Waals surface area (Å²) in [7, 11) is -1.81. The quantitative estimate of drug-likeness (QED) is 0.868. The molecule has 1 aromatic carbocycles. The Morgan fingerprint density at radius 1 is 1.28 bits per heavy atom. The zero-order chi connectivity index (χ0) is 14.1. The van der Waals surface area contributed by atoms with Gasteiger partial charge in [-0.1, -0.05) is 11.6 Å². The van der Waals surface area contributed by atoms with Crippen LogP contribution in [0.2, 0.25) is 5.02 Å². The van der Waals surface area contributed by atoms with Crippen LogP contribution in [-0.4, -0.2) is 27.0 Å². The van der Waals surface area contributed by atoms with Gasteiger partial charge in [-0.25, -0.2) is 17.2 Å². The molecule has 0 aliphatic heterocycles. The third-order valence-electron chi connectivity index (χ3n) is 2.83. The number of hydrogen-bond acceptors (Lipinski definition) is 3. The third-order valence-corrected chi connectivity index (χ3v) is 4.78. The van der Waals surface area contributed by atoms with E-state index >= 15 is 0 Å². The van der Waals surface area contributed by atoms with Gasteiger partial charge in [-0.3, -0.25) is 0 Å². The molecule has 0 aliphatic rings. The molecule has 0 saturated carbocycles. The van der Waals surface area contributed by atoms with Gasteiger partial charge in [0, 0.05) is 11.3 Å². The van der Waals surface area contributed by atoms with Crippen LogP contribution in [0.5, 0.6) is 0 Å². The lowest BCUT2D eigenvalue weighted by Gasteiger charge is -2.23. The lowest BCUT2D eigenvalue weighted by Crippen LogP contribution is -2.33. The van der Waals surface area contributed by atoms with E-state index in [9.17, 15) is 17.2 Å². The fourth-order valence-electron chi connectivity index (χ4n) is 1.67. The summed E-state index contributed by atoms with van der Waals surface area (Å²) in [6.07, 6.45) is 1.08. The highest BCUT2D eigenvalue weighted by Crippen LogP contribution is 2.29. The maximum absolute atomic E-state index is 13.2. The second kappa shape index (κ2) is 5.50. The predicted molar refractivity (Wildman–Crippen MR) is 67.5 cm³/mol. The summed E-state index contributed by atoms with van der Waals surface area (Å²) in [6, 6.07) is 1.05. The largest absolute Gasteiger partial charge is 0.312 e. The standard InChI is InChI=1S/C11H14ClF2NO2S/c1-6(18(3,16)17)11(15-2)7-4-9(13)10(14)5-8(7)12/h4-6,11,15H,1-3H3. The zero-order valence-electron chi connectivity index (χ0n) is 10.2. The molecule has 0 radical (unpaired) electrons. The molecular weight excluding hydrogens is 284 g/mol. The van der Waals surface area contributed by atoms with Gasteiger partial charge in [-0.05, 0) is 31.7 Å². The number of halogens is 3. The molecule has 0 spiro atoms. The maximum atomic E-state index is 13.2. The SMILES string of the molecule is CNC(c1cc(F)c(F)cc1Cl)C(C)S(C)(=O)=O. The monoisotopic (exact) mass is 297 g/mol. The zero-order valence-corrected chi connectivity index (χ0v) is 11.7. The first-order valence-electron chi connectivity index (χ1n) is 5.19. The average molecular weight is 298 g/mol. The Hall–Kier alpha value is -0.720. The Balaban J connectivity index is 3.30. The van der Waals surface area contributed by atoms with Crippen LogP contribution in [0, 0.1) is 11.6 Å². The van der Waals surface area contributed by atoms with E-state index in [1.165, 1.54) is 14.0 Å². The summed E-state index contributed by atoms with van der Waals surface area (Å²) in [5.74, 6) is -2.12. The van der Waals surface area contributed by atoms with Crippen molar-refractivity contribution in [3.63, 3.8) is 0 Å². The Morgan fingerprint density at radius 2 is 1.78 bits per heavy atom. The van der Waals surface area contributed by atoms with Gasteiger partial charge in [-0.2, -0.15) is 0 Å². The Kier molecular flexibility index (Phi) is 4.69. The van der Waals surface area contributed by atoms with Crippen LogP contribution in [-0.2, 0) is 9.84 Å². The van der Waals surface area contributed by atoms with Crippen LogP contribution in [0.4, 0.5) is 8.78 Å². The molecule has 0 amide bonds. The first-order valence-corrected chi connectivity index (χ1v) is 7.52. The van der Waals surface area contributed by atoms with Crippen molar-refractivity contribution in [1.82, 2.24) is 5.32 Å². The van der Waals surface area contributed by atoms with Crippen LogP contribution in [0.15, 0.2) is 12.1 Å². The molecule has 7 heteroatoms. The Labute approximate surface area is 110 Å². The van der Waals surface area contributed by atoms with Gasteiger partial charge in [0.05, 0.1) is 11.3 Å². The van der Waals surface area contributed by atoms with Crippen molar-refractivity contribution in [2.45, 2.75) is 18.2 Å². The minimum Gasteiger partial charge on any atom is -0.312 e. The summed E-state index contributed by atoms with van der Waals surface area (Å²) < 4.78 is 49.2. The molecule has 0 fully saturated rings. The highest BCUT2D eigenvalue weighted by molar-refractivity contribution is 7.91. The second-order valence-corrected chi connectivity index (χ2v) is 6.90. The van der Waals surface area contributed by atoms with Gasteiger partial charge in [0.15, 0.2) is 21.5 Å². The molecule has 1 N–H and O–H groups in total. The number of nitrogens with one attached hydrogen (secondary N) is 1. The molecule has 2 unspecified atom stereocenters. The van der Waals surface area contributed by atoms with E-state index in [0.29, 0.717) is 0 Å². The minimum absolute atomic E-state index is 0.0104. The van der Waals surface area contributed by atoms with Crippen molar-refractivity contribution in [3.05, 3.63) is 34.4 Å². The Bertz CT molecular complexity index is 548. The van der Waals surface area contributed by atoms with E-state index in [4.69, 9.17) is 11.6 Å². The van der Waals surface area contributed by atoms with Gasteiger partial charge in [0.2, 0.25) is 0 Å². The summed E-state index contributed by atoms with van der Waals surface area (Å²) in [6.45, 7) is 1.48. The molecule has 1 rings (SSSR count). The topological polar surface area (TPSA) is 46.2 Å². The van der Waals surface area contributed by atoms with Crippen LogP contribution in [0.25, 0.3) is 0 Å². The van der Waals surface area contributed by atoms with Gasteiger partial charge >= 0.3 is 0 Å². The Morgan fingerprint density at radius 3 is 2.22 bits per heavy atom. The molecule has 0 bridgehead atoms. The average Bonchev–Trinajstić information content (AvgIpc) is 2.24. The van der Waals surface area contributed by atoms with Crippen LogP contribution >= 0.6 is 11.6 Å².